The quantitative estimate of drug-likeness (QED) is 0.864. The SMILES string of the molecule is CC1CCCCC1Nc1cc(C(F)(F)F)cc(N)n1. The van der Waals surface area contributed by atoms with Crippen molar-refractivity contribution in [3.8, 4) is 0 Å². The molecule has 3 nitrogen and oxygen atoms in total. The van der Waals surface area contributed by atoms with Gasteiger partial charge in [-0.15, -0.1) is 0 Å². The van der Waals surface area contributed by atoms with Crippen LogP contribution in [0.2, 0.25) is 0 Å². The van der Waals surface area contributed by atoms with Crippen LogP contribution in [0.3, 0.4) is 0 Å². The minimum atomic E-state index is -4.40. The number of aromatic nitrogens is 1. The van der Waals surface area contributed by atoms with Gasteiger partial charge in [-0.25, -0.2) is 4.98 Å². The monoisotopic (exact) mass is 273 g/mol. The first-order valence-electron chi connectivity index (χ1n) is 6.47. The van der Waals surface area contributed by atoms with E-state index in [9.17, 15) is 13.2 Å². The van der Waals surface area contributed by atoms with E-state index in [-0.39, 0.29) is 17.7 Å². The molecule has 0 aliphatic heterocycles. The first-order chi connectivity index (χ1) is 8.86. The van der Waals surface area contributed by atoms with Crippen molar-refractivity contribution >= 4 is 11.6 Å². The minimum Gasteiger partial charge on any atom is -0.384 e. The first-order valence-corrected chi connectivity index (χ1v) is 6.47. The van der Waals surface area contributed by atoms with Gasteiger partial charge in [0.1, 0.15) is 11.6 Å². The number of nitrogens with zero attached hydrogens (tertiary/aromatic N) is 1. The highest BCUT2D eigenvalue weighted by atomic mass is 19.4. The van der Waals surface area contributed by atoms with Crippen LogP contribution in [0.15, 0.2) is 12.1 Å². The predicted molar refractivity (Wildman–Crippen MR) is 68.7 cm³/mol. The molecule has 1 aromatic heterocycles. The molecule has 2 atom stereocenters. The van der Waals surface area contributed by atoms with Crippen molar-refractivity contribution in [1.82, 2.24) is 4.98 Å². The highest BCUT2D eigenvalue weighted by molar-refractivity contribution is 5.48. The zero-order valence-electron chi connectivity index (χ0n) is 10.8. The molecule has 0 bridgehead atoms. The number of halogens is 3. The number of nitrogens with two attached hydrogens (primary N) is 1. The standard InChI is InChI=1S/C13H18F3N3/c1-8-4-2-3-5-10(8)18-12-7-9(13(14,15)16)6-11(17)19-12/h6-8,10H,2-5H2,1H3,(H3,17,18,19). The molecule has 106 valence electrons. The fourth-order valence-electron chi connectivity index (χ4n) is 2.51. The van der Waals surface area contributed by atoms with Crippen LogP contribution in [0.1, 0.15) is 38.2 Å². The molecule has 2 unspecified atom stereocenters. The van der Waals surface area contributed by atoms with Crippen molar-refractivity contribution in [2.75, 3.05) is 11.1 Å². The Morgan fingerprint density at radius 2 is 1.95 bits per heavy atom. The highest BCUT2D eigenvalue weighted by Crippen LogP contribution is 2.32. The van der Waals surface area contributed by atoms with E-state index in [0.717, 1.165) is 31.4 Å². The van der Waals surface area contributed by atoms with Gasteiger partial charge < -0.3 is 11.1 Å². The Labute approximate surface area is 110 Å². The van der Waals surface area contributed by atoms with Gasteiger partial charge in [-0.1, -0.05) is 19.8 Å². The molecule has 0 aromatic carbocycles. The predicted octanol–water partition coefficient (Wildman–Crippen LogP) is 3.67. The maximum absolute atomic E-state index is 12.7. The van der Waals surface area contributed by atoms with Gasteiger partial charge in [-0.05, 0) is 30.9 Å². The lowest BCUT2D eigenvalue weighted by Crippen LogP contribution is -2.30. The molecule has 1 aromatic rings. The number of rotatable bonds is 2. The normalized spacial score (nSPS) is 24.2. The summed E-state index contributed by atoms with van der Waals surface area (Å²) in [6, 6.07) is 2.05. The second-order valence-corrected chi connectivity index (χ2v) is 5.18. The molecule has 1 aliphatic rings. The van der Waals surface area contributed by atoms with E-state index in [2.05, 4.69) is 17.2 Å². The van der Waals surface area contributed by atoms with Gasteiger partial charge in [0.25, 0.3) is 0 Å². The molecule has 0 radical (unpaired) electrons. The maximum Gasteiger partial charge on any atom is 0.416 e. The summed E-state index contributed by atoms with van der Waals surface area (Å²) in [5.41, 5.74) is 4.69. The Kier molecular flexibility index (Phi) is 3.87. The summed E-state index contributed by atoms with van der Waals surface area (Å²) < 4.78 is 38.1. The Balaban J connectivity index is 2.18. The minimum absolute atomic E-state index is 0.110. The molecule has 1 saturated carbocycles. The van der Waals surface area contributed by atoms with Crippen molar-refractivity contribution < 1.29 is 13.2 Å². The van der Waals surface area contributed by atoms with Gasteiger partial charge in [-0.3, -0.25) is 0 Å². The van der Waals surface area contributed by atoms with E-state index >= 15 is 0 Å². The topological polar surface area (TPSA) is 50.9 Å². The molecule has 1 fully saturated rings. The Bertz CT molecular complexity index is 445. The highest BCUT2D eigenvalue weighted by Gasteiger charge is 2.32. The summed E-state index contributed by atoms with van der Waals surface area (Å²) in [5.74, 6) is 0.540. The van der Waals surface area contributed by atoms with Gasteiger partial charge >= 0.3 is 6.18 Å². The van der Waals surface area contributed by atoms with Crippen molar-refractivity contribution in [2.45, 2.75) is 44.8 Å². The number of nitrogens with one attached hydrogen (secondary N) is 1. The number of alkyl halides is 3. The molecule has 0 spiro atoms. The van der Waals surface area contributed by atoms with Gasteiger partial charge in [0.2, 0.25) is 0 Å². The molecule has 3 N–H and O–H groups in total. The van der Waals surface area contributed by atoms with Crippen LogP contribution in [0.4, 0.5) is 24.8 Å². The number of hydrogen-bond acceptors (Lipinski definition) is 3. The van der Waals surface area contributed by atoms with Crippen molar-refractivity contribution in [2.24, 2.45) is 5.92 Å². The molecule has 1 heterocycles. The Morgan fingerprint density at radius 3 is 2.58 bits per heavy atom. The summed E-state index contributed by atoms with van der Waals surface area (Å²) >= 11 is 0. The van der Waals surface area contributed by atoms with Crippen LogP contribution in [0, 0.1) is 5.92 Å². The van der Waals surface area contributed by atoms with Crippen molar-refractivity contribution in [3.63, 3.8) is 0 Å². The third kappa shape index (κ3) is 3.52. The van der Waals surface area contributed by atoms with Crippen LogP contribution in [-0.2, 0) is 6.18 Å². The van der Waals surface area contributed by atoms with E-state index in [1.165, 1.54) is 6.42 Å². The lowest BCUT2D eigenvalue weighted by atomic mass is 9.86. The van der Waals surface area contributed by atoms with E-state index < -0.39 is 11.7 Å². The average Bonchev–Trinajstić information content (AvgIpc) is 2.30. The Morgan fingerprint density at radius 1 is 1.26 bits per heavy atom. The average molecular weight is 273 g/mol. The van der Waals surface area contributed by atoms with Crippen LogP contribution in [0.5, 0.6) is 0 Å². The molecule has 1 aliphatic carbocycles. The van der Waals surface area contributed by atoms with Gasteiger partial charge in [0.05, 0.1) is 5.56 Å². The van der Waals surface area contributed by atoms with E-state index in [4.69, 9.17) is 5.73 Å². The second kappa shape index (κ2) is 5.27. The van der Waals surface area contributed by atoms with Crippen LogP contribution >= 0.6 is 0 Å². The summed E-state index contributed by atoms with van der Waals surface area (Å²) in [6.07, 6.45) is -0.0786. The van der Waals surface area contributed by atoms with Crippen molar-refractivity contribution in [3.05, 3.63) is 17.7 Å². The van der Waals surface area contributed by atoms with Crippen LogP contribution in [-0.4, -0.2) is 11.0 Å². The molecule has 2 rings (SSSR count). The van der Waals surface area contributed by atoms with Crippen LogP contribution in [0.25, 0.3) is 0 Å². The van der Waals surface area contributed by atoms with Gasteiger partial charge in [0.15, 0.2) is 0 Å². The maximum atomic E-state index is 12.7. The molecule has 0 saturated heterocycles. The van der Waals surface area contributed by atoms with E-state index in [0.29, 0.717) is 5.92 Å². The number of hydrogen-bond donors (Lipinski definition) is 2. The van der Waals surface area contributed by atoms with E-state index in [1.807, 2.05) is 0 Å². The third-order valence-corrected chi connectivity index (χ3v) is 3.62. The summed E-state index contributed by atoms with van der Waals surface area (Å²) in [4.78, 5) is 3.94. The summed E-state index contributed by atoms with van der Waals surface area (Å²) in [7, 11) is 0. The molecule has 19 heavy (non-hydrogen) atoms. The fourth-order valence-corrected chi connectivity index (χ4v) is 2.51. The van der Waals surface area contributed by atoms with Gasteiger partial charge in [-0.2, -0.15) is 13.2 Å². The second-order valence-electron chi connectivity index (χ2n) is 5.18. The summed E-state index contributed by atoms with van der Waals surface area (Å²) in [5, 5.41) is 3.09. The number of pyridine rings is 1. The largest absolute Gasteiger partial charge is 0.416 e. The molecular formula is C13H18F3N3. The van der Waals surface area contributed by atoms with Crippen LogP contribution < -0.4 is 11.1 Å². The lowest BCUT2D eigenvalue weighted by Gasteiger charge is -2.30. The third-order valence-electron chi connectivity index (χ3n) is 3.62. The first kappa shape index (κ1) is 14.0. The van der Waals surface area contributed by atoms with Gasteiger partial charge in [0, 0.05) is 6.04 Å². The zero-order chi connectivity index (χ0) is 14.0. The number of anilines is 2. The molecular weight excluding hydrogens is 255 g/mol. The van der Waals surface area contributed by atoms with Crippen molar-refractivity contribution in [1.29, 1.82) is 0 Å². The smallest absolute Gasteiger partial charge is 0.384 e. The Hall–Kier alpha value is -1.46. The fraction of sp³-hybridized carbons (Fsp3) is 0.615. The zero-order valence-corrected chi connectivity index (χ0v) is 10.8. The number of nitrogen functional groups attached to an aromatic ring is 1. The van der Waals surface area contributed by atoms with E-state index in [1.54, 1.807) is 0 Å². The summed E-state index contributed by atoms with van der Waals surface area (Å²) in [6.45, 7) is 2.10. The molecule has 0 amide bonds. The molecule has 6 heteroatoms. The lowest BCUT2D eigenvalue weighted by molar-refractivity contribution is -0.137.